The fraction of sp³-hybridized carbons (Fsp3) is 0.455. The van der Waals surface area contributed by atoms with E-state index in [0.717, 1.165) is 41.9 Å². The highest BCUT2D eigenvalue weighted by atomic mass is 16.2. The Balaban J connectivity index is 1.29. The number of benzene rings is 1. The number of carbonyl (C=O) groups is 1. The molecule has 0 bridgehead atoms. The van der Waals surface area contributed by atoms with Crippen molar-refractivity contribution in [3.8, 4) is 0 Å². The van der Waals surface area contributed by atoms with Gasteiger partial charge in [0.15, 0.2) is 11.6 Å². The average Bonchev–Trinajstić information content (AvgIpc) is 3.55. The standard InChI is InChI=1S/C22H30N8O2/c1-14-10-27-21(25-8-2-7-24-11-15-3-4-15)22(32)30(14)13-19(31)26-12-16-5-6-18-17(9-16)20(23)29-28-18/h5-6,9-10,15,24H,2-4,7-8,11-13H2,1H3,(H,25,27)(H,26,31)(H3,23,28,29). The minimum absolute atomic E-state index is 0.0685. The zero-order chi connectivity index (χ0) is 22.5. The Morgan fingerprint density at radius 3 is 2.97 bits per heavy atom. The quantitative estimate of drug-likeness (QED) is 0.282. The molecular formula is C22H30N8O2. The van der Waals surface area contributed by atoms with Crippen molar-refractivity contribution in [2.24, 2.45) is 5.92 Å². The number of hydrogen-bond donors (Lipinski definition) is 5. The van der Waals surface area contributed by atoms with E-state index in [2.05, 4.69) is 31.1 Å². The molecule has 1 aliphatic rings. The van der Waals surface area contributed by atoms with Crippen molar-refractivity contribution in [1.82, 2.24) is 30.4 Å². The lowest BCUT2D eigenvalue weighted by atomic mass is 10.1. The minimum atomic E-state index is -0.293. The van der Waals surface area contributed by atoms with Gasteiger partial charge in [-0.1, -0.05) is 6.07 Å². The molecule has 6 N–H and O–H groups in total. The van der Waals surface area contributed by atoms with Crippen molar-refractivity contribution in [3.63, 3.8) is 0 Å². The van der Waals surface area contributed by atoms with Crippen LogP contribution in [0.15, 0.2) is 29.2 Å². The summed E-state index contributed by atoms with van der Waals surface area (Å²) in [7, 11) is 0. The van der Waals surface area contributed by atoms with Gasteiger partial charge in [0.2, 0.25) is 5.91 Å². The summed E-state index contributed by atoms with van der Waals surface area (Å²) in [6.45, 7) is 4.66. The maximum atomic E-state index is 12.8. The summed E-state index contributed by atoms with van der Waals surface area (Å²) in [4.78, 5) is 29.5. The third-order valence-electron chi connectivity index (χ3n) is 5.65. The van der Waals surface area contributed by atoms with Gasteiger partial charge in [0.05, 0.1) is 5.52 Å². The van der Waals surface area contributed by atoms with Gasteiger partial charge in [-0.25, -0.2) is 4.98 Å². The number of hydrogen-bond acceptors (Lipinski definition) is 7. The summed E-state index contributed by atoms with van der Waals surface area (Å²) in [5.41, 5.74) is 7.92. The van der Waals surface area contributed by atoms with Crippen molar-refractivity contribution in [2.45, 2.75) is 39.3 Å². The summed E-state index contributed by atoms with van der Waals surface area (Å²) in [6.07, 6.45) is 5.17. The predicted molar refractivity (Wildman–Crippen MR) is 124 cm³/mol. The topological polar surface area (TPSA) is 143 Å². The molecule has 0 aliphatic heterocycles. The summed E-state index contributed by atoms with van der Waals surface area (Å²) in [5, 5.41) is 17.0. The monoisotopic (exact) mass is 438 g/mol. The highest BCUT2D eigenvalue weighted by molar-refractivity contribution is 5.89. The van der Waals surface area contributed by atoms with Crippen LogP contribution in [0.5, 0.6) is 0 Å². The molecule has 32 heavy (non-hydrogen) atoms. The van der Waals surface area contributed by atoms with E-state index < -0.39 is 0 Å². The van der Waals surface area contributed by atoms with E-state index in [1.807, 2.05) is 18.2 Å². The maximum absolute atomic E-state index is 12.8. The normalized spacial score (nSPS) is 13.4. The van der Waals surface area contributed by atoms with E-state index in [1.54, 1.807) is 13.1 Å². The summed E-state index contributed by atoms with van der Waals surface area (Å²) in [5.74, 6) is 1.29. The van der Waals surface area contributed by atoms with Crippen LogP contribution in [-0.2, 0) is 17.9 Å². The van der Waals surface area contributed by atoms with Gasteiger partial charge < -0.3 is 21.7 Å². The number of aromatic nitrogens is 4. The van der Waals surface area contributed by atoms with Crippen LogP contribution in [0.2, 0.25) is 0 Å². The fourth-order valence-corrected chi connectivity index (χ4v) is 3.53. The first kappa shape index (κ1) is 21.8. The van der Waals surface area contributed by atoms with Gasteiger partial charge in [-0.15, -0.1) is 0 Å². The van der Waals surface area contributed by atoms with Crippen molar-refractivity contribution in [2.75, 3.05) is 30.7 Å². The molecule has 1 amide bonds. The van der Waals surface area contributed by atoms with Crippen LogP contribution in [0.25, 0.3) is 10.9 Å². The molecule has 170 valence electrons. The van der Waals surface area contributed by atoms with Crippen molar-refractivity contribution < 1.29 is 4.79 Å². The number of fused-ring (bicyclic) bond motifs is 1. The van der Waals surface area contributed by atoms with E-state index in [0.29, 0.717) is 24.6 Å². The van der Waals surface area contributed by atoms with Crippen molar-refractivity contribution >= 4 is 28.4 Å². The van der Waals surface area contributed by atoms with Gasteiger partial charge in [-0.3, -0.25) is 19.3 Å². The van der Waals surface area contributed by atoms with Crippen LogP contribution in [0, 0.1) is 12.8 Å². The summed E-state index contributed by atoms with van der Waals surface area (Å²) >= 11 is 0. The van der Waals surface area contributed by atoms with E-state index in [-0.39, 0.29) is 23.8 Å². The Morgan fingerprint density at radius 2 is 2.16 bits per heavy atom. The molecule has 1 aromatic carbocycles. The van der Waals surface area contributed by atoms with Gasteiger partial charge in [0.25, 0.3) is 5.56 Å². The molecule has 2 aromatic heterocycles. The van der Waals surface area contributed by atoms with Crippen molar-refractivity contribution in [3.05, 3.63) is 46.0 Å². The SMILES string of the molecule is Cc1cnc(NCCCNCC2CC2)c(=O)n1CC(=O)NCc1ccc2[nH]nc(N)c2c1. The number of nitrogens with zero attached hydrogens (tertiary/aromatic N) is 3. The second-order valence-corrected chi connectivity index (χ2v) is 8.33. The zero-order valence-electron chi connectivity index (χ0n) is 18.3. The van der Waals surface area contributed by atoms with E-state index in [4.69, 9.17) is 5.73 Å². The Morgan fingerprint density at radius 1 is 1.31 bits per heavy atom. The Bertz CT molecular complexity index is 1150. The van der Waals surface area contributed by atoms with Gasteiger partial charge >= 0.3 is 0 Å². The second-order valence-electron chi connectivity index (χ2n) is 8.33. The van der Waals surface area contributed by atoms with Gasteiger partial charge in [-0.2, -0.15) is 5.10 Å². The van der Waals surface area contributed by atoms with E-state index in [1.165, 1.54) is 17.4 Å². The number of aryl methyl sites for hydroxylation is 1. The average molecular weight is 439 g/mol. The van der Waals surface area contributed by atoms with Crippen LogP contribution < -0.4 is 27.2 Å². The molecule has 0 saturated heterocycles. The van der Waals surface area contributed by atoms with Crippen LogP contribution in [0.4, 0.5) is 11.6 Å². The molecule has 10 nitrogen and oxygen atoms in total. The van der Waals surface area contributed by atoms with Gasteiger partial charge in [0.1, 0.15) is 6.54 Å². The number of anilines is 2. The van der Waals surface area contributed by atoms with Crippen LogP contribution in [-0.4, -0.2) is 45.3 Å². The van der Waals surface area contributed by atoms with Gasteiger partial charge in [0, 0.05) is 30.4 Å². The fourth-order valence-electron chi connectivity index (χ4n) is 3.53. The molecular weight excluding hydrogens is 408 g/mol. The Kier molecular flexibility index (Phi) is 6.69. The lowest BCUT2D eigenvalue weighted by Crippen LogP contribution is -2.34. The molecule has 0 atom stereocenters. The molecule has 10 heteroatoms. The minimum Gasteiger partial charge on any atom is -0.382 e. The molecule has 0 spiro atoms. The first-order valence-corrected chi connectivity index (χ1v) is 11.0. The number of nitrogens with two attached hydrogens (primary N) is 1. The molecule has 3 aromatic rings. The molecule has 2 heterocycles. The Labute approximate surface area is 186 Å². The number of carbonyl (C=O) groups excluding carboxylic acids is 1. The predicted octanol–water partition coefficient (Wildman–Crippen LogP) is 1.13. The smallest absolute Gasteiger partial charge is 0.293 e. The molecule has 0 radical (unpaired) electrons. The van der Waals surface area contributed by atoms with Crippen LogP contribution in [0.1, 0.15) is 30.5 Å². The molecule has 4 rings (SSSR count). The third kappa shape index (κ3) is 5.44. The highest BCUT2D eigenvalue weighted by Crippen LogP contribution is 2.27. The van der Waals surface area contributed by atoms with Crippen molar-refractivity contribution in [1.29, 1.82) is 0 Å². The lowest BCUT2D eigenvalue weighted by Gasteiger charge is -2.13. The first-order valence-electron chi connectivity index (χ1n) is 11.0. The van der Waals surface area contributed by atoms with Crippen LogP contribution in [0.3, 0.4) is 0 Å². The molecule has 0 unspecified atom stereocenters. The maximum Gasteiger partial charge on any atom is 0.293 e. The molecule has 1 aliphatic carbocycles. The highest BCUT2D eigenvalue weighted by Gasteiger charge is 2.19. The second kappa shape index (κ2) is 9.82. The van der Waals surface area contributed by atoms with Gasteiger partial charge in [-0.05, 0) is 62.9 Å². The van der Waals surface area contributed by atoms with E-state index in [9.17, 15) is 9.59 Å². The zero-order valence-corrected chi connectivity index (χ0v) is 18.3. The molecule has 1 fully saturated rings. The molecule has 1 saturated carbocycles. The van der Waals surface area contributed by atoms with Crippen LogP contribution >= 0.6 is 0 Å². The lowest BCUT2D eigenvalue weighted by molar-refractivity contribution is -0.121. The Hall–Kier alpha value is -3.40. The van der Waals surface area contributed by atoms with E-state index >= 15 is 0 Å². The summed E-state index contributed by atoms with van der Waals surface area (Å²) in [6, 6.07) is 5.66. The first-order chi connectivity index (χ1) is 15.5. The third-order valence-corrected chi connectivity index (χ3v) is 5.65. The number of nitrogens with one attached hydrogen (secondary N) is 4. The number of amides is 1. The summed E-state index contributed by atoms with van der Waals surface area (Å²) < 4.78 is 1.44. The number of H-pyrrole nitrogens is 1. The number of nitrogen functional groups attached to an aromatic ring is 1. The largest absolute Gasteiger partial charge is 0.382 e. The number of rotatable bonds is 11. The number of aromatic amines is 1.